The van der Waals surface area contributed by atoms with Crippen LogP contribution in [-0.2, 0) is 16.4 Å². The first-order chi connectivity index (χ1) is 15.8. The molecule has 3 N–H and O–H groups in total. The van der Waals surface area contributed by atoms with Gasteiger partial charge in [-0.05, 0) is 66.3 Å². The molecule has 3 aromatic rings. The number of alkyl halides is 1. The number of sulfonamides is 1. The quantitative estimate of drug-likeness (QED) is 0.466. The molecule has 2 amide bonds. The number of hydrogen-bond acceptors (Lipinski definition) is 6. The lowest BCUT2D eigenvalue weighted by Crippen LogP contribution is -2.34. The van der Waals surface area contributed by atoms with Gasteiger partial charge in [0, 0.05) is 35.2 Å². The van der Waals surface area contributed by atoms with Crippen LogP contribution in [0.25, 0.3) is 16.5 Å². The van der Waals surface area contributed by atoms with Crippen LogP contribution in [0.15, 0.2) is 63.8 Å². The Kier molecular flexibility index (Phi) is 5.59. The van der Waals surface area contributed by atoms with Crippen LogP contribution in [0.1, 0.15) is 12.0 Å². The molecular formula is C22H19ClN4O4S2. The molecule has 3 heterocycles. The minimum Gasteiger partial charge on any atom is -0.384 e. The first kappa shape index (κ1) is 21.9. The number of fused-ring (bicyclic) bond motifs is 3. The highest BCUT2D eigenvalue weighted by molar-refractivity contribution is 8.19. The Morgan fingerprint density at radius 3 is 2.64 bits per heavy atom. The van der Waals surface area contributed by atoms with E-state index in [1.165, 1.54) is 10.6 Å². The molecule has 0 saturated carbocycles. The molecule has 1 aromatic heterocycles. The highest BCUT2D eigenvalue weighted by atomic mass is 35.5. The Hall–Kier alpha value is -2.95. The van der Waals surface area contributed by atoms with Gasteiger partial charge in [0.25, 0.3) is 15.6 Å². The smallest absolute Gasteiger partial charge is 0.333 e. The van der Waals surface area contributed by atoms with Gasteiger partial charge in [0.1, 0.15) is 4.24 Å². The Labute approximate surface area is 199 Å². The van der Waals surface area contributed by atoms with E-state index >= 15 is 0 Å². The number of carbonyl (C=O) groups excluding carboxylic acids is 1. The number of benzene rings is 2. The Bertz CT molecular complexity index is 1470. The van der Waals surface area contributed by atoms with Gasteiger partial charge in [-0.3, -0.25) is 9.36 Å². The van der Waals surface area contributed by atoms with Crippen molar-refractivity contribution < 1.29 is 13.2 Å². The summed E-state index contributed by atoms with van der Waals surface area (Å²) >= 11 is 6.89. The number of hydrogen-bond donors (Lipinski definition) is 3. The molecular weight excluding hydrogens is 484 g/mol. The van der Waals surface area contributed by atoms with Crippen LogP contribution in [-0.4, -0.2) is 30.3 Å². The number of carbonyl (C=O) groups is 1. The largest absolute Gasteiger partial charge is 0.384 e. The van der Waals surface area contributed by atoms with Crippen molar-refractivity contribution in [2.45, 2.75) is 17.6 Å². The average Bonchev–Trinajstić information content (AvgIpc) is 3.44. The van der Waals surface area contributed by atoms with Gasteiger partial charge >= 0.3 is 6.03 Å². The maximum absolute atomic E-state index is 13.1. The maximum Gasteiger partial charge on any atom is 0.333 e. The molecule has 0 saturated heterocycles. The van der Waals surface area contributed by atoms with E-state index in [1.807, 2.05) is 22.9 Å². The van der Waals surface area contributed by atoms with Crippen LogP contribution in [0.4, 0.5) is 16.2 Å². The molecule has 170 valence electrons. The Morgan fingerprint density at radius 2 is 1.91 bits per heavy atom. The number of allylic oxidation sites excluding steroid dienone is 1. The van der Waals surface area contributed by atoms with Crippen LogP contribution in [0, 0.1) is 0 Å². The highest BCUT2D eigenvalue weighted by Crippen LogP contribution is 2.37. The highest BCUT2D eigenvalue weighted by Gasteiger charge is 2.27. The van der Waals surface area contributed by atoms with Gasteiger partial charge in [0.05, 0.1) is 4.71 Å². The van der Waals surface area contributed by atoms with E-state index in [0.717, 1.165) is 41.4 Å². The molecule has 5 rings (SSSR count). The van der Waals surface area contributed by atoms with E-state index in [9.17, 15) is 18.0 Å². The molecule has 0 spiro atoms. The third-order valence-electron chi connectivity index (χ3n) is 5.50. The van der Waals surface area contributed by atoms with Gasteiger partial charge in [-0.1, -0.05) is 17.8 Å². The molecule has 8 nitrogen and oxygen atoms in total. The predicted molar refractivity (Wildman–Crippen MR) is 133 cm³/mol. The van der Waals surface area contributed by atoms with Gasteiger partial charge in [-0.2, -0.15) is 0 Å². The zero-order valence-electron chi connectivity index (χ0n) is 17.2. The van der Waals surface area contributed by atoms with Crippen molar-refractivity contribution in [2.24, 2.45) is 0 Å². The number of amides is 2. The van der Waals surface area contributed by atoms with Crippen LogP contribution in [0.3, 0.4) is 0 Å². The number of halogens is 1. The topological polar surface area (TPSA) is 109 Å². The van der Waals surface area contributed by atoms with Gasteiger partial charge in [-0.25, -0.2) is 17.9 Å². The lowest BCUT2D eigenvalue weighted by Gasteiger charge is -2.12. The van der Waals surface area contributed by atoms with Crippen LogP contribution < -0.4 is 20.9 Å². The normalized spacial score (nSPS) is 17.4. The summed E-state index contributed by atoms with van der Waals surface area (Å²) in [5.74, 6) is 0. The number of nitrogens with one attached hydrogen (secondary N) is 3. The second kappa shape index (κ2) is 8.44. The fraction of sp³-hybridized carbons (Fsp3) is 0.182. The van der Waals surface area contributed by atoms with Gasteiger partial charge in [-0.15, -0.1) is 11.6 Å². The predicted octanol–water partition coefficient (Wildman–Crippen LogP) is 3.95. The van der Waals surface area contributed by atoms with Crippen molar-refractivity contribution in [1.82, 2.24) is 9.29 Å². The lowest BCUT2D eigenvalue weighted by atomic mass is 10.0. The second-order valence-electron chi connectivity index (χ2n) is 7.61. The minimum absolute atomic E-state index is 0.0325. The van der Waals surface area contributed by atoms with E-state index < -0.39 is 16.1 Å². The van der Waals surface area contributed by atoms with E-state index in [2.05, 4.69) is 10.6 Å². The number of aromatic nitrogens is 1. The molecule has 2 aromatic carbocycles. The fourth-order valence-electron chi connectivity index (χ4n) is 3.97. The van der Waals surface area contributed by atoms with Crippen molar-refractivity contribution in [2.75, 3.05) is 17.2 Å². The number of pyridine rings is 1. The van der Waals surface area contributed by atoms with E-state index in [0.29, 0.717) is 23.2 Å². The molecule has 0 bridgehead atoms. The summed E-state index contributed by atoms with van der Waals surface area (Å²) in [5.41, 5.74) is 3.10. The summed E-state index contributed by atoms with van der Waals surface area (Å²) in [6.45, 7) is 0.866. The van der Waals surface area contributed by atoms with Crippen LogP contribution in [0.2, 0.25) is 0 Å². The average molecular weight is 503 g/mol. The molecule has 1 unspecified atom stereocenters. The van der Waals surface area contributed by atoms with Gasteiger partial charge < -0.3 is 10.6 Å². The summed E-state index contributed by atoms with van der Waals surface area (Å²) in [6, 6.07) is 11.4. The molecule has 11 heteroatoms. The number of rotatable bonds is 4. The number of urea groups is 1. The number of anilines is 2. The maximum atomic E-state index is 13.1. The van der Waals surface area contributed by atoms with Crippen molar-refractivity contribution >= 4 is 61.6 Å². The zero-order chi connectivity index (χ0) is 23.2. The van der Waals surface area contributed by atoms with Gasteiger partial charge in [0.15, 0.2) is 0 Å². The SMILES string of the molecule is O=C(Nc1ccc(-n2ccc3c4c(ccc3c2=O)NCC4)cc1)NS(=O)(=O)C1=CCC(Cl)S1. The summed E-state index contributed by atoms with van der Waals surface area (Å²) in [7, 11) is -3.97. The summed E-state index contributed by atoms with van der Waals surface area (Å²) in [6.07, 6.45) is 4.52. The van der Waals surface area contributed by atoms with Crippen LogP contribution in [0.5, 0.6) is 0 Å². The first-order valence-electron chi connectivity index (χ1n) is 10.2. The zero-order valence-corrected chi connectivity index (χ0v) is 19.6. The van der Waals surface area contributed by atoms with E-state index in [-0.39, 0.29) is 14.5 Å². The summed E-state index contributed by atoms with van der Waals surface area (Å²) in [5, 5.41) is 7.40. The second-order valence-corrected chi connectivity index (χ2v) is 11.6. The molecule has 33 heavy (non-hydrogen) atoms. The van der Waals surface area contributed by atoms with E-state index in [1.54, 1.807) is 30.5 Å². The molecule has 2 aliphatic heterocycles. The third kappa shape index (κ3) is 4.21. The molecule has 2 aliphatic rings. The third-order valence-corrected chi connectivity index (χ3v) is 8.89. The summed E-state index contributed by atoms with van der Waals surface area (Å²) < 4.78 is 27.7. The lowest BCUT2D eigenvalue weighted by molar-refractivity contribution is 0.256. The van der Waals surface area contributed by atoms with Crippen molar-refractivity contribution in [3.63, 3.8) is 0 Å². The number of nitrogens with zero attached hydrogens (tertiary/aromatic N) is 1. The van der Waals surface area contributed by atoms with Crippen molar-refractivity contribution in [1.29, 1.82) is 0 Å². The van der Waals surface area contributed by atoms with Crippen molar-refractivity contribution in [3.8, 4) is 5.69 Å². The van der Waals surface area contributed by atoms with Gasteiger partial charge in [0.2, 0.25) is 0 Å². The van der Waals surface area contributed by atoms with Crippen molar-refractivity contribution in [3.05, 3.63) is 74.9 Å². The monoisotopic (exact) mass is 502 g/mol. The fourth-order valence-corrected chi connectivity index (χ4v) is 6.83. The Balaban J connectivity index is 1.33. The molecule has 0 fully saturated rings. The standard InChI is InChI=1S/C22H19ClN4O4S2/c23-19-7-8-20(32-19)33(30,31)26-22(29)25-13-1-3-14(4-2-13)27-12-10-15-16-9-11-24-18(16)6-5-17(15)21(27)28/h1-6,8,10,12,19,24H,7,9,11H2,(H2,25,26,29). The first-order valence-corrected chi connectivity index (χ1v) is 13.0. The van der Waals surface area contributed by atoms with Crippen LogP contribution >= 0.6 is 23.4 Å². The summed E-state index contributed by atoms with van der Waals surface area (Å²) in [4.78, 5) is 25.3. The molecule has 1 atom stereocenters. The minimum atomic E-state index is -3.97. The van der Waals surface area contributed by atoms with E-state index in [4.69, 9.17) is 11.6 Å². The number of thioether (sulfide) groups is 1. The molecule has 0 radical (unpaired) electrons. The molecule has 0 aliphatic carbocycles. The Morgan fingerprint density at radius 1 is 1.12 bits per heavy atom.